The van der Waals surface area contributed by atoms with Crippen LogP contribution in [0.15, 0.2) is 12.1 Å². The fraction of sp³-hybridized carbons (Fsp3) is 0.684. The molecule has 0 atom stereocenters. The molecule has 1 aliphatic heterocycles. The molecule has 1 aliphatic rings. The van der Waals surface area contributed by atoms with Crippen molar-refractivity contribution in [3.63, 3.8) is 0 Å². The number of aromatic nitrogens is 3. The molecule has 1 N–H and O–H groups in total. The number of hydrogen-bond donors (Lipinski definition) is 1. The van der Waals surface area contributed by atoms with Crippen LogP contribution in [0.5, 0.6) is 0 Å². The smallest absolute Gasteiger partial charge is 0.161 e. The minimum Gasteiger partial charge on any atom is -0.314 e. The number of aryl methyl sites for hydroxylation is 2. The lowest BCUT2D eigenvalue weighted by Gasteiger charge is -2.27. The third-order valence-corrected chi connectivity index (χ3v) is 4.21. The van der Waals surface area contributed by atoms with Crippen molar-refractivity contribution in [2.75, 3.05) is 26.2 Å². The highest BCUT2D eigenvalue weighted by Crippen LogP contribution is 2.16. The van der Waals surface area contributed by atoms with Crippen molar-refractivity contribution in [1.82, 2.24) is 24.8 Å². The number of pyridine rings is 1. The Balaban J connectivity index is 0.000000647. The molecule has 0 amide bonds. The third kappa shape index (κ3) is 5.02. The van der Waals surface area contributed by atoms with Crippen molar-refractivity contribution in [3.05, 3.63) is 29.2 Å². The molecule has 3 rings (SSSR count). The summed E-state index contributed by atoms with van der Waals surface area (Å²) in [6.45, 7) is 14.0. The van der Waals surface area contributed by atoms with E-state index in [1.807, 2.05) is 6.92 Å². The Labute approximate surface area is 146 Å². The zero-order valence-electron chi connectivity index (χ0n) is 15.8. The molecule has 5 heteroatoms. The molecule has 0 bridgehead atoms. The van der Waals surface area contributed by atoms with E-state index in [0.29, 0.717) is 0 Å². The standard InChI is InChI=1S/C16H25N5.C3H8/c1-3-4-5-15-10-14(12-20-8-6-17-7-9-20)11-16-19-18-13(2)21(15)16;1-3-2/h10-11,17H,3-9,12H2,1-2H3;3H2,1-2H3. The molecule has 24 heavy (non-hydrogen) atoms. The molecule has 0 aliphatic carbocycles. The van der Waals surface area contributed by atoms with Crippen LogP contribution in [0.25, 0.3) is 5.65 Å². The van der Waals surface area contributed by atoms with Crippen LogP contribution in [0.3, 0.4) is 0 Å². The Kier molecular flexibility index (Phi) is 7.66. The van der Waals surface area contributed by atoms with Gasteiger partial charge in [0.25, 0.3) is 0 Å². The topological polar surface area (TPSA) is 45.5 Å². The van der Waals surface area contributed by atoms with E-state index in [2.05, 4.69) is 57.7 Å². The summed E-state index contributed by atoms with van der Waals surface area (Å²) in [5.74, 6) is 0.991. The maximum atomic E-state index is 4.32. The first-order valence-electron chi connectivity index (χ1n) is 9.46. The number of unbranched alkanes of at least 4 members (excludes halogenated alkanes) is 1. The van der Waals surface area contributed by atoms with Crippen molar-refractivity contribution >= 4 is 5.65 Å². The summed E-state index contributed by atoms with van der Waals surface area (Å²) >= 11 is 0. The number of hydrogen-bond acceptors (Lipinski definition) is 4. The molecule has 0 saturated carbocycles. The Bertz CT molecular complexity index is 613. The zero-order valence-corrected chi connectivity index (χ0v) is 15.8. The van der Waals surface area contributed by atoms with Crippen LogP contribution in [0.4, 0.5) is 0 Å². The molecule has 2 aromatic heterocycles. The lowest BCUT2D eigenvalue weighted by Crippen LogP contribution is -2.42. The van der Waals surface area contributed by atoms with E-state index in [0.717, 1.165) is 50.6 Å². The minimum atomic E-state index is 0.991. The summed E-state index contributed by atoms with van der Waals surface area (Å²) in [5, 5.41) is 12.0. The molecule has 0 radical (unpaired) electrons. The monoisotopic (exact) mass is 331 g/mol. The zero-order chi connectivity index (χ0) is 17.4. The summed E-state index contributed by atoms with van der Waals surface area (Å²) < 4.78 is 2.21. The van der Waals surface area contributed by atoms with Crippen LogP contribution < -0.4 is 5.32 Å². The fourth-order valence-electron chi connectivity index (χ4n) is 3.07. The number of nitrogens with zero attached hydrogens (tertiary/aromatic N) is 4. The second-order valence-corrected chi connectivity index (χ2v) is 6.63. The number of rotatable bonds is 5. The normalized spacial score (nSPS) is 15.3. The van der Waals surface area contributed by atoms with E-state index in [4.69, 9.17) is 0 Å². The van der Waals surface area contributed by atoms with E-state index in [-0.39, 0.29) is 0 Å². The van der Waals surface area contributed by atoms with Gasteiger partial charge in [0.15, 0.2) is 5.65 Å². The first kappa shape index (κ1) is 18.9. The predicted octanol–water partition coefficient (Wildman–Crippen LogP) is 3.20. The number of nitrogens with one attached hydrogen (secondary N) is 1. The highest BCUT2D eigenvalue weighted by molar-refractivity contribution is 5.44. The predicted molar refractivity (Wildman–Crippen MR) is 100 cm³/mol. The van der Waals surface area contributed by atoms with Crippen molar-refractivity contribution in [2.24, 2.45) is 0 Å². The van der Waals surface area contributed by atoms with Crippen molar-refractivity contribution in [1.29, 1.82) is 0 Å². The highest BCUT2D eigenvalue weighted by atomic mass is 15.2. The SMILES string of the molecule is CCC.CCCCc1cc(CN2CCNCC2)cc2nnc(C)n12. The van der Waals surface area contributed by atoms with E-state index < -0.39 is 0 Å². The van der Waals surface area contributed by atoms with Crippen LogP contribution in [-0.2, 0) is 13.0 Å². The largest absolute Gasteiger partial charge is 0.314 e. The molecule has 0 aromatic carbocycles. The third-order valence-electron chi connectivity index (χ3n) is 4.21. The maximum Gasteiger partial charge on any atom is 0.161 e. The van der Waals surface area contributed by atoms with Gasteiger partial charge >= 0.3 is 0 Å². The summed E-state index contributed by atoms with van der Waals surface area (Å²) in [6, 6.07) is 4.54. The average molecular weight is 332 g/mol. The number of piperazine rings is 1. The van der Waals surface area contributed by atoms with Crippen LogP contribution in [-0.4, -0.2) is 45.7 Å². The van der Waals surface area contributed by atoms with Crippen molar-refractivity contribution in [2.45, 2.75) is 59.9 Å². The van der Waals surface area contributed by atoms with Gasteiger partial charge < -0.3 is 5.32 Å². The van der Waals surface area contributed by atoms with Crippen molar-refractivity contribution in [3.8, 4) is 0 Å². The van der Waals surface area contributed by atoms with Crippen LogP contribution in [0.1, 0.15) is 57.1 Å². The van der Waals surface area contributed by atoms with E-state index in [1.54, 1.807) is 0 Å². The highest BCUT2D eigenvalue weighted by Gasteiger charge is 2.13. The molecule has 1 fully saturated rings. The Morgan fingerprint density at radius 2 is 1.79 bits per heavy atom. The van der Waals surface area contributed by atoms with Gasteiger partial charge in [-0.15, -0.1) is 10.2 Å². The molecule has 0 spiro atoms. The van der Waals surface area contributed by atoms with Crippen molar-refractivity contribution < 1.29 is 0 Å². The van der Waals surface area contributed by atoms with Gasteiger partial charge in [0.1, 0.15) is 5.82 Å². The van der Waals surface area contributed by atoms with Gasteiger partial charge in [0.05, 0.1) is 0 Å². The Morgan fingerprint density at radius 1 is 1.08 bits per heavy atom. The van der Waals surface area contributed by atoms with Gasteiger partial charge in [-0.3, -0.25) is 9.30 Å². The minimum absolute atomic E-state index is 0.991. The quantitative estimate of drug-likeness (QED) is 0.914. The molecule has 0 unspecified atom stereocenters. The fourth-order valence-corrected chi connectivity index (χ4v) is 3.07. The summed E-state index contributed by atoms with van der Waals surface area (Å²) in [7, 11) is 0. The summed E-state index contributed by atoms with van der Waals surface area (Å²) in [6.07, 6.45) is 4.77. The second-order valence-electron chi connectivity index (χ2n) is 6.63. The van der Waals surface area contributed by atoms with Gasteiger partial charge in [0, 0.05) is 38.4 Å². The second kappa shape index (κ2) is 9.74. The Hall–Kier alpha value is -1.46. The van der Waals surface area contributed by atoms with Gasteiger partial charge in [0.2, 0.25) is 0 Å². The van der Waals surface area contributed by atoms with Crippen LogP contribution in [0, 0.1) is 6.92 Å². The van der Waals surface area contributed by atoms with E-state index in [1.165, 1.54) is 30.5 Å². The van der Waals surface area contributed by atoms with E-state index >= 15 is 0 Å². The summed E-state index contributed by atoms with van der Waals surface area (Å²) in [5.41, 5.74) is 3.70. The molecule has 3 heterocycles. The van der Waals surface area contributed by atoms with Gasteiger partial charge in [-0.1, -0.05) is 33.6 Å². The van der Waals surface area contributed by atoms with E-state index in [9.17, 15) is 0 Å². The molecular formula is C19H33N5. The average Bonchev–Trinajstić information content (AvgIpc) is 2.96. The van der Waals surface area contributed by atoms with Gasteiger partial charge in [-0.05, 0) is 37.5 Å². The maximum absolute atomic E-state index is 4.32. The lowest BCUT2D eigenvalue weighted by molar-refractivity contribution is 0.233. The van der Waals surface area contributed by atoms with Gasteiger partial charge in [-0.2, -0.15) is 0 Å². The Morgan fingerprint density at radius 3 is 2.46 bits per heavy atom. The van der Waals surface area contributed by atoms with Crippen LogP contribution >= 0.6 is 0 Å². The first-order chi connectivity index (χ1) is 11.7. The molecule has 2 aromatic rings. The molecule has 1 saturated heterocycles. The summed E-state index contributed by atoms with van der Waals surface area (Å²) in [4.78, 5) is 2.51. The lowest BCUT2D eigenvalue weighted by atomic mass is 10.1. The van der Waals surface area contributed by atoms with Crippen LogP contribution in [0.2, 0.25) is 0 Å². The number of fused-ring (bicyclic) bond motifs is 1. The molecule has 134 valence electrons. The first-order valence-corrected chi connectivity index (χ1v) is 9.46. The van der Waals surface area contributed by atoms with Gasteiger partial charge in [-0.25, -0.2) is 0 Å². The molecule has 5 nitrogen and oxygen atoms in total. The molecular weight excluding hydrogens is 298 g/mol.